The maximum atomic E-state index is 5.71. The van der Waals surface area contributed by atoms with Crippen molar-refractivity contribution < 1.29 is 4.74 Å². The van der Waals surface area contributed by atoms with Crippen LogP contribution in [0, 0.1) is 18.3 Å². The Morgan fingerprint density at radius 2 is 1.76 bits per heavy atom. The van der Waals surface area contributed by atoms with Gasteiger partial charge in [-0.3, -0.25) is 0 Å². The predicted molar refractivity (Wildman–Crippen MR) is 88.9 cm³/mol. The van der Waals surface area contributed by atoms with Gasteiger partial charge >= 0.3 is 0 Å². The maximum Gasteiger partial charge on any atom is 0.218 e. The van der Waals surface area contributed by atoms with E-state index in [1.165, 1.54) is 0 Å². The van der Waals surface area contributed by atoms with Gasteiger partial charge in [-0.15, -0.1) is 0 Å². The van der Waals surface area contributed by atoms with E-state index in [-0.39, 0.29) is 11.0 Å². The van der Waals surface area contributed by atoms with E-state index < -0.39 is 0 Å². The van der Waals surface area contributed by atoms with Crippen LogP contribution in [-0.2, 0) is 0 Å². The lowest BCUT2D eigenvalue weighted by molar-refractivity contribution is 0.260. The molecule has 120 valence electrons. The minimum atomic E-state index is -0.0334. The quantitative estimate of drug-likeness (QED) is 0.842. The van der Waals surface area contributed by atoms with Crippen LogP contribution in [0.15, 0.2) is 6.07 Å². The molecule has 1 aromatic heterocycles. The van der Waals surface area contributed by atoms with Gasteiger partial charge in [0.1, 0.15) is 11.6 Å². The van der Waals surface area contributed by atoms with Crippen LogP contribution in [0.25, 0.3) is 0 Å². The second kappa shape index (κ2) is 6.63. The van der Waals surface area contributed by atoms with E-state index in [4.69, 9.17) is 4.74 Å². The molecule has 1 aromatic rings. The van der Waals surface area contributed by atoms with Crippen molar-refractivity contribution in [2.45, 2.75) is 67.3 Å². The lowest BCUT2D eigenvalue weighted by atomic mass is 9.82. The summed E-state index contributed by atoms with van der Waals surface area (Å²) in [5.41, 5.74) is 0.226. The number of anilines is 1. The zero-order chi connectivity index (χ0) is 16.3. The first-order valence-electron chi connectivity index (χ1n) is 7.73. The Balaban J connectivity index is 2.83. The van der Waals surface area contributed by atoms with Gasteiger partial charge < -0.3 is 10.1 Å². The van der Waals surface area contributed by atoms with Gasteiger partial charge in [0.05, 0.1) is 6.61 Å². The van der Waals surface area contributed by atoms with Crippen LogP contribution in [0.4, 0.5) is 5.82 Å². The second-order valence-corrected chi connectivity index (χ2v) is 8.09. The Morgan fingerprint density at radius 1 is 1.14 bits per heavy atom. The fourth-order valence-electron chi connectivity index (χ4n) is 2.65. The monoisotopic (exact) mass is 293 g/mol. The van der Waals surface area contributed by atoms with E-state index in [1.54, 1.807) is 0 Å². The summed E-state index contributed by atoms with van der Waals surface area (Å²) in [6.07, 6.45) is 1.05. The first kappa shape index (κ1) is 17.7. The van der Waals surface area contributed by atoms with E-state index >= 15 is 0 Å². The molecule has 0 saturated carbocycles. The molecule has 0 bridgehead atoms. The van der Waals surface area contributed by atoms with Crippen LogP contribution in [-0.4, -0.2) is 22.1 Å². The van der Waals surface area contributed by atoms with E-state index in [1.807, 2.05) is 13.0 Å². The zero-order valence-electron chi connectivity index (χ0n) is 14.9. The number of rotatable bonds is 6. The molecule has 1 heterocycles. The average Bonchev–Trinajstić information content (AvgIpc) is 2.20. The van der Waals surface area contributed by atoms with Crippen molar-refractivity contribution >= 4 is 5.82 Å². The number of nitrogens with zero attached hydrogens (tertiary/aromatic N) is 2. The molecule has 4 nitrogen and oxygen atoms in total. The van der Waals surface area contributed by atoms with E-state index in [2.05, 4.69) is 63.8 Å². The van der Waals surface area contributed by atoms with Gasteiger partial charge in [-0.25, -0.2) is 4.98 Å². The van der Waals surface area contributed by atoms with E-state index in [0.29, 0.717) is 18.4 Å². The standard InChI is InChI=1S/C17H31N3O/c1-12(2)10-21-15-9-14(18-13(3)19-15)20-17(7,8)11-16(4,5)6/h9,12H,10-11H2,1-8H3,(H,18,19,20). The smallest absolute Gasteiger partial charge is 0.218 e. The highest BCUT2D eigenvalue weighted by molar-refractivity contribution is 5.40. The van der Waals surface area contributed by atoms with Gasteiger partial charge in [0.2, 0.25) is 5.88 Å². The molecule has 0 aliphatic heterocycles. The molecule has 0 atom stereocenters. The summed E-state index contributed by atoms with van der Waals surface area (Å²) in [5.74, 6) is 2.68. The number of nitrogens with one attached hydrogen (secondary N) is 1. The molecular formula is C17H31N3O. The van der Waals surface area contributed by atoms with Crippen LogP contribution in [0.3, 0.4) is 0 Å². The summed E-state index contributed by atoms with van der Waals surface area (Å²) in [6, 6.07) is 1.89. The summed E-state index contributed by atoms with van der Waals surface area (Å²) < 4.78 is 5.71. The Kier molecular flexibility index (Phi) is 5.60. The summed E-state index contributed by atoms with van der Waals surface area (Å²) in [7, 11) is 0. The first-order valence-corrected chi connectivity index (χ1v) is 7.73. The Morgan fingerprint density at radius 3 is 2.29 bits per heavy atom. The summed E-state index contributed by atoms with van der Waals surface area (Å²) >= 11 is 0. The van der Waals surface area contributed by atoms with Gasteiger partial charge in [-0.1, -0.05) is 34.6 Å². The van der Waals surface area contributed by atoms with E-state index in [0.717, 1.165) is 18.1 Å². The van der Waals surface area contributed by atoms with Crippen LogP contribution in [0.5, 0.6) is 5.88 Å². The molecule has 0 unspecified atom stereocenters. The third kappa shape index (κ3) is 7.30. The highest BCUT2D eigenvalue weighted by Gasteiger charge is 2.25. The number of hydrogen-bond donors (Lipinski definition) is 1. The molecule has 0 amide bonds. The minimum absolute atomic E-state index is 0.0334. The molecule has 0 aliphatic carbocycles. The van der Waals surface area contributed by atoms with Crippen molar-refractivity contribution in [2.24, 2.45) is 11.3 Å². The highest BCUT2D eigenvalue weighted by atomic mass is 16.5. The highest BCUT2D eigenvalue weighted by Crippen LogP contribution is 2.29. The second-order valence-electron chi connectivity index (χ2n) is 8.09. The summed E-state index contributed by atoms with van der Waals surface area (Å²) in [4.78, 5) is 8.81. The zero-order valence-corrected chi connectivity index (χ0v) is 14.9. The van der Waals surface area contributed by atoms with Crippen molar-refractivity contribution in [3.8, 4) is 5.88 Å². The number of ether oxygens (including phenoxy) is 1. The molecule has 0 radical (unpaired) electrons. The molecular weight excluding hydrogens is 262 g/mol. The Bertz CT molecular complexity index is 462. The van der Waals surface area contributed by atoms with Crippen molar-refractivity contribution in [2.75, 3.05) is 11.9 Å². The van der Waals surface area contributed by atoms with Crippen LogP contribution < -0.4 is 10.1 Å². The predicted octanol–water partition coefficient (Wildman–Crippen LogP) is 4.45. The summed E-state index contributed by atoms with van der Waals surface area (Å²) in [6.45, 7) is 18.0. The van der Waals surface area contributed by atoms with Crippen molar-refractivity contribution in [3.05, 3.63) is 11.9 Å². The van der Waals surface area contributed by atoms with Crippen molar-refractivity contribution in [1.29, 1.82) is 0 Å². The molecule has 0 spiro atoms. The van der Waals surface area contributed by atoms with Gasteiger partial charge in [-0.2, -0.15) is 4.98 Å². The number of hydrogen-bond acceptors (Lipinski definition) is 4. The third-order valence-corrected chi connectivity index (χ3v) is 2.82. The molecule has 1 rings (SSSR count). The molecule has 4 heteroatoms. The topological polar surface area (TPSA) is 47.0 Å². The molecule has 1 N–H and O–H groups in total. The van der Waals surface area contributed by atoms with E-state index in [9.17, 15) is 0 Å². The lowest BCUT2D eigenvalue weighted by Crippen LogP contribution is -2.35. The molecule has 0 aliphatic rings. The van der Waals surface area contributed by atoms with Gasteiger partial charge in [0, 0.05) is 11.6 Å². The maximum absolute atomic E-state index is 5.71. The van der Waals surface area contributed by atoms with Crippen molar-refractivity contribution in [3.63, 3.8) is 0 Å². The van der Waals surface area contributed by atoms with Gasteiger partial charge in [0.25, 0.3) is 0 Å². The number of aromatic nitrogens is 2. The van der Waals surface area contributed by atoms with Crippen LogP contribution >= 0.6 is 0 Å². The fourth-order valence-corrected chi connectivity index (χ4v) is 2.65. The Hall–Kier alpha value is -1.32. The minimum Gasteiger partial charge on any atom is -0.477 e. The SMILES string of the molecule is Cc1nc(NC(C)(C)CC(C)(C)C)cc(OCC(C)C)n1. The first-order chi connectivity index (χ1) is 9.47. The molecule has 0 aromatic carbocycles. The largest absolute Gasteiger partial charge is 0.477 e. The lowest BCUT2D eigenvalue weighted by Gasteiger charge is -2.33. The Labute approximate surface area is 129 Å². The van der Waals surface area contributed by atoms with Gasteiger partial charge in [0.15, 0.2) is 0 Å². The average molecular weight is 293 g/mol. The number of aryl methyl sites for hydroxylation is 1. The third-order valence-electron chi connectivity index (χ3n) is 2.82. The molecule has 0 fully saturated rings. The van der Waals surface area contributed by atoms with Crippen molar-refractivity contribution in [1.82, 2.24) is 9.97 Å². The summed E-state index contributed by atoms with van der Waals surface area (Å²) in [5, 5.41) is 3.51. The normalized spacial score (nSPS) is 12.6. The molecule has 0 saturated heterocycles. The molecule has 21 heavy (non-hydrogen) atoms. The van der Waals surface area contributed by atoms with Crippen LogP contribution in [0.2, 0.25) is 0 Å². The van der Waals surface area contributed by atoms with Gasteiger partial charge in [-0.05, 0) is 38.5 Å². The van der Waals surface area contributed by atoms with Crippen LogP contribution in [0.1, 0.15) is 60.7 Å². The fraction of sp³-hybridized carbons (Fsp3) is 0.765.